The highest BCUT2D eigenvalue weighted by Crippen LogP contribution is 2.15. The zero-order valence-electron chi connectivity index (χ0n) is 9.19. The third-order valence-electron chi connectivity index (χ3n) is 1.79. The molecule has 0 amide bonds. The lowest BCUT2D eigenvalue weighted by Gasteiger charge is -2.15. The summed E-state index contributed by atoms with van der Waals surface area (Å²) in [5.74, 6) is 1.04. The molecular formula is C9H18N4O. The minimum Gasteiger partial charge on any atom is -0.406 e. The SMILES string of the molecule is CC(C)CN(C)c1nnc(C(C)N)o1. The average Bonchev–Trinajstić information content (AvgIpc) is 2.50. The van der Waals surface area contributed by atoms with Gasteiger partial charge in [0.1, 0.15) is 0 Å². The summed E-state index contributed by atoms with van der Waals surface area (Å²) in [5, 5.41) is 7.78. The van der Waals surface area contributed by atoms with Gasteiger partial charge < -0.3 is 15.1 Å². The lowest BCUT2D eigenvalue weighted by molar-refractivity contribution is 0.455. The Morgan fingerprint density at radius 1 is 1.36 bits per heavy atom. The first kappa shape index (κ1) is 11.0. The van der Waals surface area contributed by atoms with Crippen molar-refractivity contribution in [1.82, 2.24) is 10.2 Å². The van der Waals surface area contributed by atoms with Crippen molar-refractivity contribution >= 4 is 6.01 Å². The van der Waals surface area contributed by atoms with Crippen LogP contribution in [0.5, 0.6) is 0 Å². The number of nitrogens with two attached hydrogens (primary N) is 1. The zero-order valence-corrected chi connectivity index (χ0v) is 9.19. The number of aromatic nitrogens is 2. The molecule has 2 N–H and O–H groups in total. The molecule has 1 heterocycles. The molecule has 0 aliphatic carbocycles. The van der Waals surface area contributed by atoms with E-state index in [-0.39, 0.29) is 6.04 Å². The van der Waals surface area contributed by atoms with E-state index >= 15 is 0 Å². The van der Waals surface area contributed by atoms with Crippen LogP contribution in [0.15, 0.2) is 4.42 Å². The summed E-state index contributed by atoms with van der Waals surface area (Å²) in [6.07, 6.45) is 0. The van der Waals surface area contributed by atoms with Crippen LogP contribution in [0.2, 0.25) is 0 Å². The molecule has 1 aromatic rings. The topological polar surface area (TPSA) is 68.2 Å². The Balaban J connectivity index is 2.66. The van der Waals surface area contributed by atoms with Crippen LogP contribution < -0.4 is 10.6 Å². The van der Waals surface area contributed by atoms with Crippen LogP contribution in [0.25, 0.3) is 0 Å². The number of anilines is 1. The molecule has 1 unspecified atom stereocenters. The molecule has 5 nitrogen and oxygen atoms in total. The summed E-state index contributed by atoms with van der Waals surface area (Å²) in [7, 11) is 1.93. The van der Waals surface area contributed by atoms with Crippen molar-refractivity contribution in [2.75, 3.05) is 18.5 Å². The predicted molar refractivity (Wildman–Crippen MR) is 55.0 cm³/mol. The van der Waals surface area contributed by atoms with Crippen molar-refractivity contribution < 1.29 is 4.42 Å². The predicted octanol–water partition coefficient (Wildman–Crippen LogP) is 1.18. The molecule has 14 heavy (non-hydrogen) atoms. The van der Waals surface area contributed by atoms with E-state index in [1.54, 1.807) is 0 Å². The van der Waals surface area contributed by atoms with Crippen molar-refractivity contribution in [2.24, 2.45) is 11.7 Å². The molecule has 1 rings (SSSR count). The van der Waals surface area contributed by atoms with E-state index in [0.29, 0.717) is 17.8 Å². The molecule has 0 aliphatic rings. The molecule has 5 heteroatoms. The van der Waals surface area contributed by atoms with E-state index in [0.717, 1.165) is 6.54 Å². The highest BCUT2D eigenvalue weighted by atomic mass is 16.4. The molecule has 0 saturated heterocycles. The molecular weight excluding hydrogens is 180 g/mol. The average molecular weight is 198 g/mol. The van der Waals surface area contributed by atoms with Crippen molar-refractivity contribution in [1.29, 1.82) is 0 Å². The van der Waals surface area contributed by atoms with E-state index < -0.39 is 0 Å². The van der Waals surface area contributed by atoms with Gasteiger partial charge in [-0.2, -0.15) is 0 Å². The minimum atomic E-state index is -0.205. The molecule has 80 valence electrons. The zero-order chi connectivity index (χ0) is 10.7. The Labute approximate surface area is 84.3 Å². The standard InChI is InChI=1S/C9H18N4O/c1-6(2)5-13(4)9-12-11-8(14-9)7(3)10/h6-7H,5,10H2,1-4H3. The van der Waals surface area contributed by atoms with Crippen molar-refractivity contribution in [3.8, 4) is 0 Å². The van der Waals surface area contributed by atoms with E-state index in [4.69, 9.17) is 10.2 Å². The van der Waals surface area contributed by atoms with Crippen LogP contribution in [0.3, 0.4) is 0 Å². The normalized spacial score (nSPS) is 13.3. The highest BCUT2D eigenvalue weighted by Gasteiger charge is 2.13. The van der Waals surface area contributed by atoms with Crippen LogP contribution >= 0.6 is 0 Å². The Kier molecular flexibility index (Phi) is 3.46. The van der Waals surface area contributed by atoms with Crippen LogP contribution in [0.1, 0.15) is 32.7 Å². The molecule has 0 aromatic carbocycles. The smallest absolute Gasteiger partial charge is 0.317 e. The number of hydrogen-bond donors (Lipinski definition) is 1. The summed E-state index contributed by atoms with van der Waals surface area (Å²) < 4.78 is 5.39. The molecule has 0 saturated carbocycles. The maximum atomic E-state index is 5.61. The number of rotatable bonds is 4. The molecule has 0 fully saturated rings. The first-order valence-electron chi connectivity index (χ1n) is 4.80. The largest absolute Gasteiger partial charge is 0.406 e. The van der Waals surface area contributed by atoms with Crippen molar-refractivity contribution in [3.63, 3.8) is 0 Å². The molecule has 1 atom stereocenters. The first-order valence-corrected chi connectivity index (χ1v) is 4.80. The second kappa shape index (κ2) is 4.41. The Bertz CT molecular complexity index is 282. The van der Waals surface area contributed by atoms with Gasteiger partial charge >= 0.3 is 6.01 Å². The second-order valence-corrected chi connectivity index (χ2v) is 3.99. The van der Waals surface area contributed by atoms with Gasteiger partial charge in [0, 0.05) is 13.6 Å². The van der Waals surface area contributed by atoms with Crippen LogP contribution in [-0.4, -0.2) is 23.8 Å². The van der Waals surface area contributed by atoms with E-state index in [2.05, 4.69) is 24.0 Å². The maximum Gasteiger partial charge on any atom is 0.317 e. The van der Waals surface area contributed by atoms with Gasteiger partial charge in [-0.25, -0.2) is 0 Å². The van der Waals surface area contributed by atoms with Crippen LogP contribution in [-0.2, 0) is 0 Å². The van der Waals surface area contributed by atoms with Crippen molar-refractivity contribution in [2.45, 2.75) is 26.8 Å². The van der Waals surface area contributed by atoms with E-state index in [1.165, 1.54) is 0 Å². The van der Waals surface area contributed by atoms with Gasteiger partial charge in [-0.1, -0.05) is 18.9 Å². The van der Waals surface area contributed by atoms with Crippen molar-refractivity contribution in [3.05, 3.63) is 5.89 Å². The van der Waals surface area contributed by atoms with Gasteiger partial charge in [0.05, 0.1) is 6.04 Å². The Morgan fingerprint density at radius 3 is 2.43 bits per heavy atom. The first-order chi connectivity index (χ1) is 6.50. The van der Waals surface area contributed by atoms with Gasteiger partial charge in [-0.3, -0.25) is 0 Å². The van der Waals surface area contributed by atoms with Crippen LogP contribution in [0, 0.1) is 5.92 Å². The van der Waals surface area contributed by atoms with E-state index in [9.17, 15) is 0 Å². The fraction of sp³-hybridized carbons (Fsp3) is 0.778. The third kappa shape index (κ3) is 2.70. The lowest BCUT2D eigenvalue weighted by Crippen LogP contribution is -2.22. The minimum absolute atomic E-state index is 0.205. The molecule has 0 radical (unpaired) electrons. The quantitative estimate of drug-likeness (QED) is 0.786. The summed E-state index contributed by atoms with van der Waals surface area (Å²) >= 11 is 0. The monoisotopic (exact) mass is 198 g/mol. The Morgan fingerprint density at radius 2 is 2.00 bits per heavy atom. The molecule has 1 aromatic heterocycles. The lowest BCUT2D eigenvalue weighted by atomic mass is 10.2. The highest BCUT2D eigenvalue weighted by molar-refractivity contribution is 5.22. The van der Waals surface area contributed by atoms with Gasteiger partial charge in [-0.05, 0) is 12.8 Å². The fourth-order valence-corrected chi connectivity index (χ4v) is 1.19. The Hall–Kier alpha value is -1.10. The summed E-state index contributed by atoms with van der Waals surface area (Å²) in [6, 6.07) is 0.328. The van der Waals surface area contributed by atoms with Crippen LogP contribution in [0.4, 0.5) is 6.01 Å². The molecule has 0 bridgehead atoms. The second-order valence-electron chi connectivity index (χ2n) is 3.99. The summed E-state index contributed by atoms with van der Waals surface area (Å²) in [6.45, 7) is 6.99. The van der Waals surface area contributed by atoms with Gasteiger partial charge in [0.25, 0.3) is 0 Å². The molecule has 0 aliphatic heterocycles. The fourth-order valence-electron chi connectivity index (χ4n) is 1.19. The summed E-state index contributed by atoms with van der Waals surface area (Å²) in [4.78, 5) is 1.93. The van der Waals surface area contributed by atoms with E-state index in [1.807, 2.05) is 18.9 Å². The van der Waals surface area contributed by atoms with Gasteiger partial charge in [0.2, 0.25) is 5.89 Å². The maximum absolute atomic E-state index is 5.61. The number of nitrogens with zero attached hydrogens (tertiary/aromatic N) is 3. The number of hydrogen-bond acceptors (Lipinski definition) is 5. The van der Waals surface area contributed by atoms with Gasteiger partial charge in [0.15, 0.2) is 0 Å². The molecule has 0 spiro atoms. The summed E-state index contributed by atoms with van der Waals surface area (Å²) in [5.41, 5.74) is 5.61. The van der Waals surface area contributed by atoms with Gasteiger partial charge in [-0.15, -0.1) is 5.10 Å². The third-order valence-corrected chi connectivity index (χ3v) is 1.79.